The molecule has 0 fully saturated rings. The summed E-state index contributed by atoms with van der Waals surface area (Å²) in [5, 5.41) is 3.11. The van der Waals surface area contributed by atoms with Crippen LogP contribution in [-0.4, -0.2) is 73.2 Å². The van der Waals surface area contributed by atoms with Crippen molar-refractivity contribution < 1.29 is 26.4 Å². The summed E-state index contributed by atoms with van der Waals surface area (Å²) in [7, 11) is -6.49. The zero-order chi connectivity index (χ0) is 33.7. The van der Waals surface area contributed by atoms with Gasteiger partial charge in [0.25, 0.3) is 11.8 Å². The number of carbonyl (C=O) groups excluding carboxylic acids is 2. The Morgan fingerprint density at radius 3 is 1.62 bits per heavy atom. The molecule has 0 saturated heterocycles. The highest BCUT2D eigenvalue weighted by atomic mass is 32.2. The number of aromatic nitrogens is 4. The van der Waals surface area contributed by atoms with Crippen molar-refractivity contribution in [2.24, 2.45) is 11.5 Å². The Balaban J connectivity index is 0.000000320. The number of sulfone groups is 2. The molecule has 2 aromatic heterocycles. The van der Waals surface area contributed by atoms with Gasteiger partial charge in [-0.3, -0.25) is 9.59 Å². The third-order valence-corrected chi connectivity index (χ3v) is 10.4. The molecule has 0 spiro atoms. The van der Waals surface area contributed by atoms with Crippen molar-refractivity contribution in [1.82, 2.24) is 25.3 Å². The first kappa shape index (κ1) is 39.4. The summed E-state index contributed by atoms with van der Waals surface area (Å²) in [5.74, 6) is -0.607. The van der Waals surface area contributed by atoms with E-state index in [1.165, 1.54) is 0 Å². The number of para-hydroxylation sites is 2. The number of benzene rings is 2. The predicted molar refractivity (Wildman–Crippen MR) is 187 cm³/mol. The molecule has 260 valence electrons. The topological polar surface area (TPSA) is 224 Å². The predicted octanol–water partition coefficient (Wildman–Crippen LogP) is 4.15. The van der Waals surface area contributed by atoms with Crippen LogP contribution in [0.1, 0.15) is 98.6 Å². The molecule has 0 aliphatic carbocycles. The Bertz CT molecular complexity index is 1700. The van der Waals surface area contributed by atoms with Gasteiger partial charge in [-0.25, -0.2) is 26.8 Å². The van der Waals surface area contributed by atoms with Crippen molar-refractivity contribution in [3.05, 3.63) is 59.2 Å². The van der Waals surface area contributed by atoms with Gasteiger partial charge in [0.2, 0.25) is 0 Å². The van der Waals surface area contributed by atoms with Gasteiger partial charge in [-0.05, 0) is 43.7 Å². The van der Waals surface area contributed by atoms with Crippen molar-refractivity contribution in [2.45, 2.75) is 77.7 Å². The fourth-order valence-electron chi connectivity index (χ4n) is 4.84. The first-order chi connectivity index (χ1) is 21.9. The zero-order valence-corrected chi connectivity index (χ0v) is 28.1. The number of unbranched alkanes of at least 4 members (excludes halogenated alkanes) is 5. The molecule has 0 bridgehead atoms. The third kappa shape index (κ3) is 12.4. The molecule has 2 aromatic carbocycles. The summed E-state index contributed by atoms with van der Waals surface area (Å²) in [4.78, 5) is 37.1. The van der Waals surface area contributed by atoms with Crippen LogP contribution in [0, 0.1) is 0 Å². The number of fused-ring (bicyclic) bond motifs is 2. The number of nitrogens with one attached hydrogen (secondary N) is 3. The van der Waals surface area contributed by atoms with Crippen molar-refractivity contribution in [3.63, 3.8) is 0 Å². The van der Waals surface area contributed by atoms with Gasteiger partial charge in [-0.2, -0.15) is 0 Å². The van der Waals surface area contributed by atoms with Crippen LogP contribution in [0.25, 0.3) is 22.1 Å². The third-order valence-electron chi connectivity index (χ3n) is 7.22. The maximum atomic E-state index is 12.2. The minimum absolute atomic E-state index is 0. The van der Waals surface area contributed by atoms with E-state index in [9.17, 15) is 26.4 Å². The number of nitrogens with zero attached hydrogens (tertiary/aromatic N) is 2. The second kappa shape index (κ2) is 18.5. The molecule has 15 heteroatoms. The molecule has 0 saturated carbocycles. The fourth-order valence-corrected chi connectivity index (χ4v) is 7.34. The maximum Gasteiger partial charge on any atom is 0.250 e. The normalized spacial score (nSPS) is 11.6. The number of hydrogen-bond donors (Lipinski definition) is 5. The van der Waals surface area contributed by atoms with Crippen LogP contribution in [-0.2, 0) is 31.2 Å². The van der Waals surface area contributed by atoms with E-state index in [0.29, 0.717) is 52.2 Å². The molecule has 0 radical (unpaired) electrons. The van der Waals surface area contributed by atoms with E-state index in [1.54, 1.807) is 36.4 Å². The number of imidazole rings is 2. The van der Waals surface area contributed by atoms with Gasteiger partial charge in [0.1, 0.15) is 34.2 Å². The maximum absolute atomic E-state index is 12.2. The van der Waals surface area contributed by atoms with E-state index in [-0.39, 0.29) is 36.0 Å². The van der Waals surface area contributed by atoms with Crippen LogP contribution >= 0.6 is 0 Å². The number of primary amides is 2. The molecule has 0 aliphatic rings. The molecule has 2 amide bonds. The SMILES string of the molecule is C.CCCCCCCS(=O)(=O)Cc1nc2c(C(N)=O)cccc2[nH]1.CCCCNCCS(=O)(=O)Cc1nc2c(C(N)=O)cccc2[nH]1. The van der Waals surface area contributed by atoms with Crippen LogP contribution in [0.15, 0.2) is 36.4 Å². The quantitative estimate of drug-likeness (QED) is 0.0944. The summed E-state index contributed by atoms with van der Waals surface area (Å²) < 4.78 is 48.6. The number of H-pyrrole nitrogens is 2. The monoisotopic (exact) mass is 691 g/mol. The summed E-state index contributed by atoms with van der Waals surface area (Å²) in [5.41, 5.74) is 13.2. The van der Waals surface area contributed by atoms with Gasteiger partial charge < -0.3 is 26.8 Å². The summed E-state index contributed by atoms with van der Waals surface area (Å²) >= 11 is 0. The lowest BCUT2D eigenvalue weighted by molar-refractivity contribution is 0.0993. The minimum atomic E-state index is -3.27. The Morgan fingerprint density at radius 1 is 0.681 bits per heavy atom. The Labute approximate surface area is 277 Å². The Kier molecular flexibility index (Phi) is 15.5. The molecule has 13 nitrogen and oxygen atoms in total. The number of rotatable bonds is 18. The number of aromatic amines is 2. The first-order valence-corrected chi connectivity index (χ1v) is 19.2. The lowest BCUT2D eigenvalue weighted by Crippen LogP contribution is -2.24. The second-order valence-corrected chi connectivity index (χ2v) is 15.6. The fraction of sp³-hybridized carbons (Fsp3) is 0.500. The summed E-state index contributed by atoms with van der Waals surface area (Å²) in [6.07, 6.45) is 7.04. The van der Waals surface area contributed by atoms with Crippen LogP contribution in [0.3, 0.4) is 0 Å². The van der Waals surface area contributed by atoms with Gasteiger partial charge in [0, 0.05) is 6.54 Å². The Morgan fingerprint density at radius 2 is 1.15 bits per heavy atom. The van der Waals surface area contributed by atoms with E-state index in [4.69, 9.17) is 11.5 Å². The minimum Gasteiger partial charge on any atom is -0.366 e. The first-order valence-electron chi connectivity index (χ1n) is 15.5. The Hall–Kier alpha value is -3.82. The van der Waals surface area contributed by atoms with Crippen LogP contribution in [0.4, 0.5) is 0 Å². The second-order valence-electron chi connectivity index (χ2n) is 11.2. The number of hydrogen-bond acceptors (Lipinski definition) is 9. The number of nitrogens with two attached hydrogens (primary N) is 2. The number of amides is 2. The highest BCUT2D eigenvalue weighted by molar-refractivity contribution is 7.90. The van der Waals surface area contributed by atoms with Gasteiger partial charge in [0.15, 0.2) is 19.7 Å². The van der Waals surface area contributed by atoms with Crippen molar-refractivity contribution in [3.8, 4) is 0 Å². The van der Waals surface area contributed by atoms with E-state index < -0.39 is 31.5 Å². The van der Waals surface area contributed by atoms with Gasteiger partial charge in [-0.15, -0.1) is 0 Å². The summed E-state index contributed by atoms with van der Waals surface area (Å²) in [6.45, 7) is 5.45. The van der Waals surface area contributed by atoms with Gasteiger partial charge in [-0.1, -0.05) is 65.5 Å². The van der Waals surface area contributed by atoms with Crippen LogP contribution in [0.2, 0.25) is 0 Å². The lowest BCUT2D eigenvalue weighted by Gasteiger charge is -2.04. The molecular formula is C32H49N7O6S2. The molecule has 47 heavy (non-hydrogen) atoms. The molecule has 4 rings (SSSR count). The van der Waals surface area contributed by atoms with Crippen LogP contribution in [0.5, 0.6) is 0 Å². The zero-order valence-electron chi connectivity index (χ0n) is 26.5. The van der Waals surface area contributed by atoms with E-state index in [1.807, 2.05) is 0 Å². The van der Waals surface area contributed by atoms with Gasteiger partial charge in [0.05, 0.1) is 33.7 Å². The molecule has 7 N–H and O–H groups in total. The smallest absolute Gasteiger partial charge is 0.250 e. The molecular weight excluding hydrogens is 643 g/mol. The van der Waals surface area contributed by atoms with Crippen molar-refractivity contribution in [2.75, 3.05) is 24.6 Å². The molecule has 2 heterocycles. The number of carbonyl (C=O) groups is 2. The van der Waals surface area contributed by atoms with E-state index in [2.05, 4.69) is 39.1 Å². The molecule has 4 aromatic rings. The average Bonchev–Trinajstić information content (AvgIpc) is 3.58. The average molecular weight is 692 g/mol. The highest BCUT2D eigenvalue weighted by Crippen LogP contribution is 2.19. The highest BCUT2D eigenvalue weighted by Gasteiger charge is 2.18. The van der Waals surface area contributed by atoms with Crippen molar-refractivity contribution >= 4 is 53.6 Å². The van der Waals surface area contributed by atoms with E-state index in [0.717, 1.165) is 45.1 Å². The molecule has 0 unspecified atom stereocenters. The lowest BCUT2D eigenvalue weighted by atomic mass is 10.2. The van der Waals surface area contributed by atoms with Gasteiger partial charge >= 0.3 is 0 Å². The van der Waals surface area contributed by atoms with Crippen molar-refractivity contribution in [1.29, 1.82) is 0 Å². The summed E-state index contributed by atoms with van der Waals surface area (Å²) in [6, 6.07) is 9.99. The largest absolute Gasteiger partial charge is 0.366 e. The van der Waals surface area contributed by atoms with E-state index >= 15 is 0 Å². The molecule has 0 aliphatic heterocycles. The van der Waals surface area contributed by atoms with Crippen LogP contribution < -0.4 is 16.8 Å². The standard InChI is InChI=1S/C16H23N3O3S.C15H22N4O3S.CH4/c1-2-3-4-5-6-10-23(21,22)11-14-18-13-9-7-8-12(16(17)20)15(13)19-14;1-2-3-7-17-8-9-23(21,22)10-13-18-12-6-4-5-11(15(16)20)14(12)19-13;/h7-9H,2-6,10-11H2,1H3,(H2,17,20)(H,18,19);4-6,17H,2-3,7-10H2,1H3,(H2,16,20)(H,18,19);1H4. The molecule has 0 atom stereocenters.